The topological polar surface area (TPSA) is 52.9 Å². The summed E-state index contributed by atoms with van der Waals surface area (Å²) in [6, 6.07) is 14.0. The molecule has 4 nitrogen and oxygen atoms in total. The maximum atomic E-state index is 13.0. The third-order valence-electron chi connectivity index (χ3n) is 4.05. The summed E-state index contributed by atoms with van der Waals surface area (Å²) in [6.07, 6.45) is 0.937. The highest BCUT2D eigenvalue weighted by atomic mass is 79.9. The van der Waals surface area contributed by atoms with Crippen molar-refractivity contribution in [2.45, 2.75) is 25.5 Å². The molecule has 0 spiro atoms. The summed E-state index contributed by atoms with van der Waals surface area (Å²) in [6.45, 7) is 1.95. The molecule has 0 unspecified atom stereocenters. The van der Waals surface area contributed by atoms with Crippen molar-refractivity contribution in [3.05, 3.63) is 69.2 Å². The van der Waals surface area contributed by atoms with Crippen molar-refractivity contribution in [1.82, 2.24) is 5.01 Å². The average Bonchev–Trinajstić information content (AvgIpc) is 2.93. The standard InChI is InChI=1S/C18H16BrClN2O2/c1-2-14-11-18(24,12-7-9-13(19)10-8-12)22(21-14)17(23)15-5-3-4-6-16(15)20/h3-10,24H,2,11H2,1H3/t18-/m0/s1. The van der Waals surface area contributed by atoms with E-state index in [1.165, 1.54) is 0 Å². The SMILES string of the molecule is CCC1=NN(C(=O)c2ccccc2Cl)[C@@](O)(c2ccc(Br)cc2)C1. The Labute approximate surface area is 153 Å². The van der Waals surface area contributed by atoms with Gasteiger partial charge in [-0.2, -0.15) is 10.1 Å². The van der Waals surface area contributed by atoms with Crippen molar-refractivity contribution < 1.29 is 9.90 Å². The number of carbonyl (C=O) groups is 1. The van der Waals surface area contributed by atoms with Gasteiger partial charge < -0.3 is 5.11 Å². The number of aliphatic hydroxyl groups is 1. The molecule has 1 aliphatic rings. The lowest BCUT2D eigenvalue weighted by atomic mass is 9.96. The Morgan fingerprint density at radius 2 is 1.96 bits per heavy atom. The van der Waals surface area contributed by atoms with Crippen LogP contribution in [0.4, 0.5) is 0 Å². The van der Waals surface area contributed by atoms with Crippen LogP contribution >= 0.6 is 27.5 Å². The summed E-state index contributed by atoms with van der Waals surface area (Å²) in [5, 5.41) is 17.1. The fourth-order valence-corrected chi connectivity index (χ4v) is 3.20. The molecular weight excluding hydrogens is 392 g/mol. The van der Waals surface area contributed by atoms with E-state index in [1.807, 2.05) is 19.1 Å². The first-order chi connectivity index (χ1) is 11.5. The van der Waals surface area contributed by atoms with Crippen LogP contribution in [0.3, 0.4) is 0 Å². The van der Waals surface area contributed by atoms with Crippen molar-refractivity contribution in [1.29, 1.82) is 0 Å². The lowest BCUT2D eigenvalue weighted by Gasteiger charge is -2.31. The minimum absolute atomic E-state index is 0.279. The Balaban J connectivity index is 2.05. The van der Waals surface area contributed by atoms with E-state index in [2.05, 4.69) is 21.0 Å². The second-order valence-corrected chi connectivity index (χ2v) is 6.94. The van der Waals surface area contributed by atoms with E-state index in [9.17, 15) is 9.90 Å². The van der Waals surface area contributed by atoms with Crippen LogP contribution in [0.25, 0.3) is 0 Å². The van der Waals surface area contributed by atoms with Gasteiger partial charge in [-0.3, -0.25) is 4.79 Å². The molecule has 1 atom stereocenters. The fourth-order valence-electron chi connectivity index (χ4n) is 2.72. The zero-order valence-electron chi connectivity index (χ0n) is 13.0. The van der Waals surface area contributed by atoms with Gasteiger partial charge in [-0.15, -0.1) is 0 Å². The van der Waals surface area contributed by atoms with Gasteiger partial charge in [0, 0.05) is 22.2 Å². The molecule has 124 valence electrons. The molecule has 0 fully saturated rings. The van der Waals surface area contributed by atoms with Crippen LogP contribution in [0, 0.1) is 0 Å². The molecule has 6 heteroatoms. The number of nitrogens with zero attached hydrogens (tertiary/aromatic N) is 2. The molecule has 1 aliphatic heterocycles. The second kappa shape index (κ2) is 6.67. The number of rotatable bonds is 3. The number of halogens is 2. The predicted molar refractivity (Wildman–Crippen MR) is 98.0 cm³/mol. The zero-order valence-corrected chi connectivity index (χ0v) is 15.4. The van der Waals surface area contributed by atoms with Gasteiger partial charge in [-0.05, 0) is 30.7 Å². The molecule has 2 aromatic carbocycles. The normalized spacial score (nSPS) is 20.2. The Morgan fingerprint density at radius 1 is 1.29 bits per heavy atom. The predicted octanol–water partition coefficient (Wildman–Crippen LogP) is 4.56. The van der Waals surface area contributed by atoms with Crippen LogP contribution in [0.15, 0.2) is 58.1 Å². The summed E-state index contributed by atoms with van der Waals surface area (Å²) < 4.78 is 0.897. The van der Waals surface area contributed by atoms with Crippen molar-refractivity contribution in [2.24, 2.45) is 5.10 Å². The number of benzene rings is 2. The van der Waals surface area contributed by atoms with Crippen LogP contribution in [0.1, 0.15) is 35.7 Å². The molecule has 24 heavy (non-hydrogen) atoms. The molecule has 3 rings (SSSR count). The van der Waals surface area contributed by atoms with Gasteiger partial charge in [0.1, 0.15) is 0 Å². The quantitative estimate of drug-likeness (QED) is 0.811. The molecule has 0 aliphatic carbocycles. The van der Waals surface area contributed by atoms with Gasteiger partial charge in [-0.25, -0.2) is 0 Å². The molecule has 0 saturated heterocycles. The number of hydrogen-bond donors (Lipinski definition) is 1. The van der Waals surface area contributed by atoms with Gasteiger partial charge in [0.25, 0.3) is 5.91 Å². The molecule has 1 heterocycles. The van der Waals surface area contributed by atoms with E-state index in [-0.39, 0.29) is 6.42 Å². The molecule has 0 aromatic heterocycles. The van der Waals surface area contributed by atoms with E-state index in [1.54, 1.807) is 36.4 Å². The third kappa shape index (κ3) is 2.99. The molecule has 0 bridgehead atoms. The van der Waals surface area contributed by atoms with Crippen LogP contribution in [-0.4, -0.2) is 21.7 Å². The Kier molecular flexibility index (Phi) is 4.76. The van der Waals surface area contributed by atoms with Gasteiger partial charge in [0.05, 0.1) is 10.6 Å². The summed E-state index contributed by atoms with van der Waals surface area (Å²) in [7, 11) is 0. The lowest BCUT2D eigenvalue weighted by Crippen LogP contribution is -2.43. The minimum atomic E-state index is -1.51. The monoisotopic (exact) mass is 406 g/mol. The highest BCUT2D eigenvalue weighted by Gasteiger charge is 2.46. The van der Waals surface area contributed by atoms with E-state index in [0.717, 1.165) is 15.2 Å². The molecule has 1 N–H and O–H groups in total. The Bertz CT molecular complexity index is 807. The molecule has 1 amide bonds. The van der Waals surface area contributed by atoms with E-state index < -0.39 is 11.6 Å². The van der Waals surface area contributed by atoms with Crippen molar-refractivity contribution in [2.75, 3.05) is 0 Å². The van der Waals surface area contributed by atoms with Crippen molar-refractivity contribution >= 4 is 39.1 Å². The summed E-state index contributed by atoms with van der Waals surface area (Å²) in [4.78, 5) is 13.0. The summed E-state index contributed by atoms with van der Waals surface area (Å²) in [5.41, 5.74) is 0.178. The first-order valence-electron chi connectivity index (χ1n) is 7.59. The number of hydrogen-bond acceptors (Lipinski definition) is 3. The fraction of sp³-hybridized carbons (Fsp3) is 0.222. The molecule has 0 radical (unpaired) electrons. The first-order valence-corrected chi connectivity index (χ1v) is 8.76. The first kappa shape index (κ1) is 17.1. The smallest absolute Gasteiger partial charge is 0.278 e. The summed E-state index contributed by atoms with van der Waals surface area (Å²) in [5.74, 6) is -0.422. The molecule has 0 saturated carbocycles. The summed E-state index contributed by atoms with van der Waals surface area (Å²) >= 11 is 9.52. The highest BCUT2D eigenvalue weighted by Crippen LogP contribution is 2.38. The number of hydrazone groups is 1. The van der Waals surface area contributed by atoms with Gasteiger partial charge in [-0.1, -0.05) is 58.7 Å². The van der Waals surface area contributed by atoms with Crippen molar-refractivity contribution in [3.8, 4) is 0 Å². The minimum Gasteiger partial charge on any atom is -0.365 e. The zero-order chi connectivity index (χ0) is 17.3. The van der Waals surface area contributed by atoms with Crippen LogP contribution in [0.5, 0.6) is 0 Å². The van der Waals surface area contributed by atoms with E-state index in [0.29, 0.717) is 22.6 Å². The maximum Gasteiger partial charge on any atom is 0.278 e. The van der Waals surface area contributed by atoms with E-state index >= 15 is 0 Å². The third-order valence-corrected chi connectivity index (χ3v) is 4.91. The maximum absolute atomic E-state index is 13.0. The van der Waals surface area contributed by atoms with Crippen LogP contribution in [-0.2, 0) is 5.72 Å². The average molecular weight is 408 g/mol. The van der Waals surface area contributed by atoms with Gasteiger partial charge in [0.2, 0.25) is 0 Å². The van der Waals surface area contributed by atoms with E-state index in [4.69, 9.17) is 11.6 Å². The van der Waals surface area contributed by atoms with Crippen LogP contribution < -0.4 is 0 Å². The van der Waals surface area contributed by atoms with Gasteiger partial charge in [0.15, 0.2) is 5.72 Å². The van der Waals surface area contributed by atoms with Gasteiger partial charge >= 0.3 is 0 Å². The lowest BCUT2D eigenvalue weighted by molar-refractivity contribution is -0.0765. The highest BCUT2D eigenvalue weighted by molar-refractivity contribution is 9.10. The Hall–Kier alpha value is -1.69. The second-order valence-electron chi connectivity index (χ2n) is 5.62. The van der Waals surface area contributed by atoms with Crippen molar-refractivity contribution in [3.63, 3.8) is 0 Å². The Morgan fingerprint density at radius 3 is 2.58 bits per heavy atom. The number of amides is 1. The number of carbonyl (C=O) groups excluding carboxylic acids is 1. The van der Waals surface area contributed by atoms with Crippen LogP contribution in [0.2, 0.25) is 5.02 Å². The largest absolute Gasteiger partial charge is 0.365 e. The molecule has 2 aromatic rings. The molecular formula is C18H16BrClN2O2.